The number of benzene rings is 1. The van der Waals surface area contributed by atoms with Crippen LogP contribution in [0.15, 0.2) is 30.3 Å². The fraction of sp³-hybridized carbons (Fsp3) is 0.400. The van der Waals surface area contributed by atoms with Crippen LogP contribution in [0.4, 0.5) is 0 Å². The summed E-state index contributed by atoms with van der Waals surface area (Å²) >= 11 is 0. The first-order chi connectivity index (χ1) is 9.90. The number of carboxylic acids is 1. The van der Waals surface area contributed by atoms with Crippen molar-refractivity contribution in [2.45, 2.75) is 13.3 Å². The van der Waals surface area contributed by atoms with Crippen molar-refractivity contribution >= 4 is 17.8 Å². The van der Waals surface area contributed by atoms with Crippen LogP contribution in [-0.2, 0) is 20.8 Å². The molecule has 1 rings (SSSR count). The molecule has 6 heteroatoms. The number of carboxylic acid groups (broad SMARTS) is 1. The molecule has 1 N–H and O–H groups in total. The lowest BCUT2D eigenvalue weighted by molar-refractivity contribution is -0.145. The van der Waals surface area contributed by atoms with E-state index in [4.69, 9.17) is 5.11 Å². The number of hydrogen-bond donors (Lipinski definition) is 1. The quantitative estimate of drug-likeness (QED) is 0.799. The van der Waals surface area contributed by atoms with E-state index in [9.17, 15) is 14.4 Å². The van der Waals surface area contributed by atoms with Gasteiger partial charge in [0, 0.05) is 20.5 Å². The summed E-state index contributed by atoms with van der Waals surface area (Å²) in [5, 5.41) is 8.90. The standard InChI is InChI=1S/C15H20N2O4/c1-12(18)16(2)10-14(19)17(11-15(20)21)9-8-13-6-4-3-5-7-13/h3-7H,8-11H2,1-2H3,(H,20,21). The third-order valence-electron chi connectivity index (χ3n) is 3.10. The highest BCUT2D eigenvalue weighted by atomic mass is 16.4. The Kier molecular flexibility index (Phi) is 6.39. The molecule has 0 bridgehead atoms. The smallest absolute Gasteiger partial charge is 0.323 e. The highest BCUT2D eigenvalue weighted by Gasteiger charge is 2.19. The number of rotatable bonds is 7. The van der Waals surface area contributed by atoms with E-state index in [0.29, 0.717) is 13.0 Å². The van der Waals surface area contributed by atoms with E-state index in [1.165, 1.54) is 23.8 Å². The van der Waals surface area contributed by atoms with E-state index < -0.39 is 5.97 Å². The average Bonchev–Trinajstić information content (AvgIpc) is 2.43. The van der Waals surface area contributed by atoms with Gasteiger partial charge in [0.1, 0.15) is 6.54 Å². The van der Waals surface area contributed by atoms with Gasteiger partial charge in [-0.3, -0.25) is 14.4 Å². The minimum Gasteiger partial charge on any atom is -0.480 e. The van der Waals surface area contributed by atoms with Crippen LogP contribution in [0.3, 0.4) is 0 Å². The Labute approximate surface area is 124 Å². The summed E-state index contributed by atoms with van der Waals surface area (Å²) in [6.07, 6.45) is 0.573. The molecule has 1 aromatic carbocycles. The molecule has 0 fully saturated rings. The predicted octanol–water partition coefficient (Wildman–Crippen LogP) is 0.621. The third kappa shape index (κ3) is 6.07. The van der Waals surface area contributed by atoms with Crippen LogP contribution >= 0.6 is 0 Å². The van der Waals surface area contributed by atoms with Crippen LogP contribution < -0.4 is 0 Å². The lowest BCUT2D eigenvalue weighted by atomic mass is 10.1. The van der Waals surface area contributed by atoms with Crippen molar-refractivity contribution in [3.8, 4) is 0 Å². The number of likely N-dealkylation sites (N-methyl/N-ethyl adjacent to an activating group) is 1. The van der Waals surface area contributed by atoms with Crippen LogP contribution in [0.5, 0.6) is 0 Å². The SMILES string of the molecule is CC(=O)N(C)CC(=O)N(CCc1ccccc1)CC(=O)O. The van der Waals surface area contributed by atoms with Gasteiger partial charge in [0.15, 0.2) is 0 Å². The largest absolute Gasteiger partial charge is 0.480 e. The minimum absolute atomic E-state index is 0.114. The van der Waals surface area contributed by atoms with Crippen molar-refractivity contribution in [1.29, 1.82) is 0 Å². The van der Waals surface area contributed by atoms with Gasteiger partial charge in [0.2, 0.25) is 11.8 Å². The fourth-order valence-corrected chi connectivity index (χ4v) is 1.78. The molecule has 21 heavy (non-hydrogen) atoms. The highest BCUT2D eigenvalue weighted by molar-refractivity contribution is 5.86. The molecule has 2 amide bonds. The van der Waals surface area contributed by atoms with Gasteiger partial charge in [-0.05, 0) is 12.0 Å². The van der Waals surface area contributed by atoms with Crippen molar-refractivity contribution in [1.82, 2.24) is 9.80 Å². The zero-order chi connectivity index (χ0) is 15.8. The maximum Gasteiger partial charge on any atom is 0.323 e. The summed E-state index contributed by atoms with van der Waals surface area (Å²) in [5.74, 6) is -1.67. The Bertz CT molecular complexity index is 502. The van der Waals surface area contributed by atoms with Gasteiger partial charge in [-0.1, -0.05) is 30.3 Å². The first-order valence-corrected chi connectivity index (χ1v) is 6.65. The molecule has 114 valence electrons. The molecule has 0 unspecified atom stereocenters. The normalized spacial score (nSPS) is 10.0. The number of amides is 2. The molecule has 0 atom stereocenters. The maximum absolute atomic E-state index is 12.1. The van der Waals surface area contributed by atoms with Crippen molar-refractivity contribution in [2.24, 2.45) is 0 Å². The molecule has 0 spiro atoms. The first-order valence-electron chi connectivity index (χ1n) is 6.65. The molecule has 0 heterocycles. The Balaban J connectivity index is 2.64. The second kappa shape index (κ2) is 8.04. The molecular weight excluding hydrogens is 272 g/mol. The van der Waals surface area contributed by atoms with E-state index in [1.807, 2.05) is 30.3 Å². The zero-order valence-electron chi connectivity index (χ0n) is 12.3. The molecular formula is C15H20N2O4. The molecule has 0 saturated heterocycles. The van der Waals surface area contributed by atoms with Crippen LogP contribution in [0.25, 0.3) is 0 Å². The summed E-state index contributed by atoms with van der Waals surface area (Å²) in [6, 6.07) is 9.52. The third-order valence-corrected chi connectivity index (χ3v) is 3.10. The molecule has 0 saturated carbocycles. The topological polar surface area (TPSA) is 77.9 Å². The van der Waals surface area contributed by atoms with Gasteiger partial charge >= 0.3 is 5.97 Å². The Morgan fingerprint density at radius 1 is 1.10 bits per heavy atom. The lowest BCUT2D eigenvalue weighted by Gasteiger charge is -2.23. The second-order valence-electron chi connectivity index (χ2n) is 4.82. The van der Waals surface area contributed by atoms with Gasteiger partial charge in [-0.25, -0.2) is 0 Å². The molecule has 1 aromatic rings. The summed E-state index contributed by atoms with van der Waals surface area (Å²) in [7, 11) is 1.51. The minimum atomic E-state index is -1.07. The van der Waals surface area contributed by atoms with E-state index in [0.717, 1.165) is 5.56 Å². The predicted molar refractivity (Wildman–Crippen MR) is 77.7 cm³/mol. The Hall–Kier alpha value is -2.37. The molecule has 0 aliphatic carbocycles. The molecule has 0 aliphatic heterocycles. The lowest BCUT2D eigenvalue weighted by Crippen LogP contribution is -2.43. The summed E-state index contributed by atoms with van der Waals surface area (Å²) in [4.78, 5) is 36.6. The van der Waals surface area contributed by atoms with Crippen LogP contribution in [0.1, 0.15) is 12.5 Å². The summed E-state index contributed by atoms with van der Waals surface area (Å²) in [5.41, 5.74) is 1.03. The average molecular weight is 292 g/mol. The highest BCUT2D eigenvalue weighted by Crippen LogP contribution is 2.02. The second-order valence-corrected chi connectivity index (χ2v) is 4.82. The number of carbonyl (C=O) groups excluding carboxylic acids is 2. The zero-order valence-corrected chi connectivity index (χ0v) is 12.3. The van der Waals surface area contributed by atoms with E-state index in [1.54, 1.807) is 0 Å². The molecule has 0 aromatic heterocycles. The van der Waals surface area contributed by atoms with Gasteiger partial charge < -0.3 is 14.9 Å². The first kappa shape index (κ1) is 16.7. The molecule has 0 aliphatic rings. The number of carbonyl (C=O) groups is 3. The molecule has 0 radical (unpaired) electrons. The monoisotopic (exact) mass is 292 g/mol. The van der Waals surface area contributed by atoms with E-state index in [2.05, 4.69) is 0 Å². The Morgan fingerprint density at radius 3 is 2.24 bits per heavy atom. The Morgan fingerprint density at radius 2 is 1.71 bits per heavy atom. The van der Waals surface area contributed by atoms with Crippen molar-refractivity contribution < 1.29 is 19.5 Å². The van der Waals surface area contributed by atoms with Crippen molar-refractivity contribution in [3.05, 3.63) is 35.9 Å². The van der Waals surface area contributed by atoms with Gasteiger partial charge in [-0.2, -0.15) is 0 Å². The van der Waals surface area contributed by atoms with Gasteiger partial charge in [0.25, 0.3) is 0 Å². The van der Waals surface area contributed by atoms with Gasteiger partial charge in [-0.15, -0.1) is 0 Å². The maximum atomic E-state index is 12.1. The van der Waals surface area contributed by atoms with Crippen LogP contribution in [0.2, 0.25) is 0 Å². The number of nitrogens with zero attached hydrogens (tertiary/aromatic N) is 2. The summed E-state index contributed by atoms with van der Waals surface area (Å²) in [6.45, 7) is 1.19. The number of hydrogen-bond acceptors (Lipinski definition) is 3. The van der Waals surface area contributed by atoms with Crippen molar-refractivity contribution in [3.63, 3.8) is 0 Å². The number of aliphatic carboxylic acids is 1. The van der Waals surface area contributed by atoms with Crippen LogP contribution in [0, 0.1) is 0 Å². The van der Waals surface area contributed by atoms with Crippen molar-refractivity contribution in [2.75, 3.05) is 26.7 Å². The van der Waals surface area contributed by atoms with E-state index >= 15 is 0 Å². The van der Waals surface area contributed by atoms with Gasteiger partial charge in [0.05, 0.1) is 6.54 Å². The van der Waals surface area contributed by atoms with E-state index in [-0.39, 0.29) is 24.9 Å². The fourth-order valence-electron chi connectivity index (χ4n) is 1.78. The van der Waals surface area contributed by atoms with Crippen LogP contribution in [-0.4, -0.2) is 59.4 Å². The molecule has 6 nitrogen and oxygen atoms in total. The summed E-state index contributed by atoms with van der Waals surface area (Å²) < 4.78 is 0.